The summed E-state index contributed by atoms with van der Waals surface area (Å²) in [5.41, 5.74) is 5.39. The van der Waals surface area contributed by atoms with Gasteiger partial charge in [0.15, 0.2) is 0 Å². The first kappa shape index (κ1) is 61.2. The maximum absolute atomic E-state index is 12.9. The lowest BCUT2D eigenvalue weighted by atomic mass is 10.0. The third-order valence-electron chi connectivity index (χ3n) is 12.4. The lowest BCUT2D eigenvalue weighted by molar-refractivity contribution is -0.124. The van der Waals surface area contributed by atoms with Crippen molar-refractivity contribution in [3.63, 3.8) is 0 Å². The summed E-state index contributed by atoms with van der Waals surface area (Å²) in [4.78, 5) is 22.9. The predicted molar refractivity (Wildman–Crippen MR) is 265 cm³/mol. The number of amides is 1. The molecule has 4 unspecified atom stereocenters. The van der Waals surface area contributed by atoms with Crippen molar-refractivity contribution in [2.75, 3.05) is 19.8 Å². The van der Waals surface area contributed by atoms with Gasteiger partial charge in [0.1, 0.15) is 0 Å². The van der Waals surface area contributed by atoms with E-state index in [4.69, 9.17) is 14.8 Å². The Kier molecular flexibility index (Phi) is 47.5. The van der Waals surface area contributed by atoms with E-state index in [0.29, 0.717) is 6.42 Å². The number of rotatable bonds is 51. The van der Waals surface area contributed by atoms with Crippen molar-refractivity contribution in [3.8, 4) is 0 Å². The summed E-state index contributed by atoms with van der Waals surface area (Å²) in [7, 11) is -4.40. The Hall–Kier alpha value is -0.800. The maximum Gasteiger partial charge on any atom is 0.472 e. The molecule has 0 saturated heterocycles. The molecule has 0 aromatic rings. The SMILES string of the molecule is CCCCCCCCCCCCCCCCCCCCC/C=C/C(O)C(COP(=O)(O)OCCN)NC(=O)CC(O)CCCCCCCCCCCCCCCCCCCCC. The van der Waals surface area contributed by atoms with Crippen molar-refractivity contribution in [2.45, 2.75) is 295 Å². The zero-order chi connectivity index (χ0) is 45.5. The zero-order valence-electron chi connectivity index (χ0n) is 41.0. The molecule has 10 heteroatoms. The van der Waals surface area contributed by atoms with Gasteiger partial charge in [-0.2, -0.15) is 0 Å². The number of carbonyl (C=O) groups excluding carboxylic acids is 1. The second kappa shape index (κ2) is 48.1. The van der Waals surface area contributed by atoms with Gasteiger partial charge >= 0.3 is 7.82 Å². The summed E-state index contributed by atoms with van der Waals surface area (Å²) in [6, 6.07) is -0.979. The number of nitrogens with one attached hydrogen (secondary N) is 1. The number of phosphoric acid groups is 1. The highest BCUT2D eigenvalue weighted by Crippen LogP contribution is 2.43. The summed E-state index contributed by atoms with van der Waals surface area (Å²) in [6.45, 7) is 4.03. The number of carbonyl (C=O) groups is 1. The fourth-order valence-electron chi connectivity index (χ4n) is 8.36. The monoisotopic (exact) mass is 901 g/mol. The molecule has 9 nitrogen and oxygen atoms in total. The Labute approximate surface area is 384 Å². The molecule has 6 N–H and O–H groups in total. The molecule has 0 rings (SSSR count). The minimum absolute atomic E-state index is 0.0519. The van der Waals surface area contributed by atoms with E-state index >= 15 is 0 Å². The molecule has 0 aromatic heterocycles. The number of hydrogen-bond acceptors (Lipinski definition) is 7. The smallest absolute Gasteiger partial charge is 0.393 e. The van der Waals surface area contributed by atoms with Gasteiger partial charge in [-0.15, -0.1) is 0 Å². The zero-order valence-corrected chi connectivity index (χ0v) is 41.9. The molecule has 0 radical (unpaired) electrons. The van der Waals surface area contributed by atoms with E-state index in [2.05, 4.69) is 19.2 Å². The number of aliphatic hydroxyl groups excluding tert-OH is 2. The van der Waals surface area contributed by atoms with Gasteiger partial charge in [-0.25, -0.2) is 4.57 Å². The van der Waals surface area contributed by atoms with Crippen molar-refractivity contribution in [1.29, 1.82) is 0 Å². The highest BCUT2D eigenvalue weighted by molar-refractivity contribution is 7.47. The van der Waals surface area contributed by atoms with Gasteiger partial charge in [0.2, 0.25) is 5.91 Å². The van der Waals surface area contributed by atoms with Crippen LogP contribution in [0.1, 0.15) is 277 Å². The predicted octanol–water partition coefficient (Wildman–Crippen LogP) is 14.9. The Morgan fingerprint density at radius 1 is 0.548 bits per heavy atom. The molecule has 0 spiro atoms. The lowest BCUT2D eigenvalue weighted by Crippen LogP contribution is -2.46. The molecule has 0 heterocycles. The van der Waals surface area contributed by atoms with Crippen LogP contribution >= 0.6 is 7.82 Å². The third kappa shape index (κ3) is 45.8. The number of nitrogens with two attached hydrogens (primary N) is 1. The minimum atomic E-state index is -4.40. The van der Waals surface area contributed by atoms with Crippen molar-refractivity contribution in [3.05, 3.63) is 12.2 Å². The van der Waals surface area contributed by atoms with E-state index in [-0.39, 0.29) is 19.6 Å². The standard InChI is InChI=1S/C52H105N2O7P/c1-3-5-7-9-11-13-15-17-19-21-23-24-26-28-30-32-34-36-38-40-42-44-51(56)50(48-61-62(58,59)60-46-45-53)54-52(57)47-49(55)43-41-39-37-35-33-31-29-27-25-22-20-18-16-14-12-10-8-6-4-2/h42,44,49-51,55-56H,3-41,43,45-48,53H2,1-2H3,(H,54,57)(H,58,59)/b44-42+. The fourth-order valence-corrected chi connectivity index (χ4v) is 9.12. The molecule has 1 amide bonds. The molecular weight excluding hydrogens is 796 g/mol. The number of phosphoric ester groups is 1. The number of hydrogen-bond donors (Lipinski definition) is 5. The molecule has 4 atom stereocenters. The van der Waals surface area contributed by atoms with Gasteiger partial charge < -0.3 is 26.2 Å². The molecule has 370 valence electrons. The summed E-state index contributed by atoms with van der Waals surface area (Å²) < 4.78 is 22.2. The van der Waals surface area contributed by atoms with Crippen molar-refractivity contribution in [1.82, 2.24) is 5.32 Å². The first-order valence-corrected chi connectivity index (χ1v) is 28.4. The molecule has 0 fully saturated rings. The minimum Gasteiger partial charge on any atom is -0.393 e. The Balaban J connectivity index is 4.14. The number of aliphatic hydroxyl groups is 2. The van der Waals surface area contributed by atoms with Crippen LogP contribution in [0.3, 0.4) is 0 Å². The van der Waals surface area contributed by atoms with Crippen LogP contribution in [0, 0.1) is 0 Å². The van der Waals surface area contributed by atoms with Gasteiger partial charge in [-0.3, -0.25) is 13.8 Å². The summed E-state index contributed by atoms with van der Waals surface area (Å²) in [6.07, 6.45) is 53.1. The largest absolute Gasteiger partial charge is 0.472 e. The van der Waals surface area contributed by atoms with E-state index in [1.807, 2.05) is 6.08 Å². The molecule has 0 aliphatic rings. The van der Waals surface area contributed by atoms with Crippen LogP contribution in [0.25, 0.3) is 0 Å². The average molecular weight is 901 g/mol. The van der Waals surface area contributed by atoms with E-state index in [1.54, 1.807) is 6.08 Å². The molecule has 0 aromatic carbocycles. The van der Waals surface area contributed by atoms with Crippen molar-refractivity contribution in [2.24, 2.45) is 5.73 Å². The topological polar surface area (TPSA) is 151 Å². The molecule has 0 bridgehead atoms. The van der Waals surface area contributed by atoms with Crippen LogP contribution in [0.15, 0.2) is 12.2 Å². The molecule has 0 aliphatic heterocycles. The molecular formula is C52H105N2O7P. The summed E-state index contributed by atoms with van der Waals surface area (Å²) in [5.74, 6) is -0.439. The van der Waals surface area contributed by atoms with E-state index < -0.39 is 38.6 Å². The Morgan fingerprint density at radius 2 is 0.887 bits per heavy atom. The van der Waals surface area contributed by atoms with Crippen LogP contribution < -0.4 is 11.1 Å². The van der Waals surface area contributed by atoms with E-state index in [9.17, 15) is 24.5 Å². The second-order valence-corrected chi connectivity index (χ2v) is 20.1. The normalized spacial score (nSPS) is 14.4. The van der Waals surface area contributed by atoms with Gasteiger partial charge in [-0.1, -0.05) is 264 Å². The average Bonchev–Trinajstić information content (AvgIpc) is 3.25. The quantitative estimate of drug-likeness (QED) is 0.0230. The highest BCUT2D eigenvalue weighted by atomic mass is 31.2. The van der Waals surface area contributed by atoms with Gasteiger partial charge in [0.05, 0.1) is 37.9 Å². The summed E-state index contributed by atoms with van der Waals surface area (Å²) >= 11 is 0. The fraction of sp³-hybridized carbons (Fsp3) is 0.942. The summed E-state index contributed by atoms with van der Waals surface area (Å²) in [5, 5.41) is 24.2. The van der Waals surface area contributed by atoms with Crippen LogP contribution in [0.5, 0.6) is 0 Å². The Bertz CT molecular complexity index is 1000. The lowest BCUT2D eigenvalue weighted by Gasteiger charge is -2.24. The van der Waals surface area contributed by atoms with Gasteiger partial charge in [0, 0.05) is 6.54 Å². The van der Waals surface area contributed by atoms with Gasteiger partial charge in [0.25, 0.3) is 0 Å². The van der Waals surface area contributed by atoms with Crippen LogP contribution in [-0.2, 0) is 18.4 Å². The van der Waals surface area contributed by atoms with Gasteiger partial charge in [-0.05, 0) is 19.3 Å². The van der Waals surface area contributed by atoms with Crippen molar-refractivity contribution >= 4 is 13.7 Å². The first-order chi connectivity index (χ1) is 30.3. The molecule has 62 heavy (non-hydrogen) atoms. The number of allylic oxidation sites excluding steroid dienone is 1. The molecule has 0 saturated carbocycles. The Morgan fingerprint density at radius 3 is 1.24 bits per heavy atom. The first-order valence-electron chi connectivity index (χ1n) is 26.9. The maximum atomic E-state index is 12.9. The van der Waals surface area contributed by atoms with Crippen LogP contribution in [0.2, 0.25) is 0 Å². The second-order valence-electron chi connectivity index (χ2n) is 18.6. The van der Waals surface area contributed by atoms with E-state index in [1.165, 1.54) is 212 Å². The van der Waals surface area contributed by atoms with Crippen LogP contribution in [-0.4, -0.2) is 59.0 Å². The van der Waals surface area contributed by atoms with Crippen molar-refractivity contribution < 1.29 is 33.5 Å². The van der Waals surface area contributed by atoms with Crippen LogP contribution in [0.4, 0.5) is 0 Å². The number of unbranched alkanes of at least 4 members (excludes halogenated alkanes) is 37. The molecule has 0 aliphatic carbocycles. The van der Waals surface area contributed by atoms with E-state index in [0.717, 1.165) is 38.5 Å². The highest BCUT2D eigenvalue weighted by Gasteiger charge is 2.27. The third-order valence-corrected chi connectivity index (χ3v) is 13.4.